The van der Waals surface area contributed by atoms with E-state index in [0.717, 1.165) is 0 Å². The Labute approximate surface area is 111 Å². The van der Waals surface area contributed by atoms with Gasteiger partial charge in [-0.2, -0.15) is 0 Å². The lowest BCUT2D eigenvalue weighted by atomic mass is 9.87. The molecule has 0 rings (SSSR count). The molecular weight excluding hydrogens is 252 g/mol. The van der Waals surface area contributed by atoms with Gasteiger partial charge in [0.05, 0.1) is 4.75 Å². The molecule has 0 saturated heterocycles. The number of likely N-dealkylation sites (N-methyl/N-ethyl adjacent to an activating group) is 1. The molecule has 0 heterocycles. The molecule has 18 heavy (non-hydrogen) atoms. The van der Waals surface area contributed by atoms with Crippen LogP contribution in [0.3, 0.4) is 0 Å². The van der Waals surface area contributed by atoms with Gasteiger partial charge in [0.15, 0.2) is 0 Å². The van der Waals surface area contributed by atoms with E-state index in [4.69, 9.17) is 0 Å². The Balaban J connectivity index is 5.04. The van der Waals surface area contributed by atoms with Gasteiger partial charge in [0.2, 0.25) is 16.4 Å². The third-order valence-electron chi connectivity index (χ3n) is 2.94. The van der Waals surface area contributed by atoms with Crippen molar-refractivity contribution in [3.05, 3.63) is 0 Å². The van der Waals surface area contributed by atoms with Gasteiger partial charge in [-0.25, -0.2) is 12.7 Å². The van der Waals surface area contributed by atoms with Crippen LogP contribution in [-0.4, -0.2) is 43.5 Å². The van der Waals surface area contributed by atoms with E-state index in [1.54, 1.807) is 27.8 Å². The van der Waals surface area contributed by atoms with Crippen molar-refractivity contribution in [2.24, 2.45) is 5.41 Å². The van der Waals surface area contributed by atoms with Crippen LogP contribution in [-0.2, 0) is 14.8 Å². The van der Waals surface area contributed by atoms with Crippen LogP contribution in [0.15, 0.2) is 0 Å². The summed E-state index contributed by atoms with van der Waals surface area (Å²) in [4.78, 5) is 10.6. The van der Waals surface area contributed by atoms with Gasteiger partial charge in [-0.1, -0.05) is 20.8 Å². The third kappa shape index (κ3) is 4.24. The Morgan fingerprint density at radius 3 is 1.89 bits per heavy atom. The van der Waals surface area contributed by atoms with Crippen LogP contribution in [0.4, 0.5) is 0 Å². The quantitative estimate of drug-likeness (QED) is 0.769. The van der Waals surface area contributed by atoms with Gasteiger partial charge >= 0.3 is 0 Å². The highest BCUT2D eigenvalue weighted by Crippen LogP contribution is 2.23. The van der Waals surface area contributed by atoms with Crippen LogP contribution in [0.5, 0.6) is 0 Å². The van der Waals surface area contributed by atoms with Crippen molar-refractivity contribution in [2.75, 3.05) is 13.6 Å². The maximum atomic E-state index is 12.2. The monoisotopic (exact) mass is 278 g/mol. The third-order valence-corrected chi connectivity index (χ3v) is 5.46. The summed E-state index contributed by atoms with van der Waals surface area (Å²) in [6.45, 7) is 11.2. The predicted octanol–water partition coefficient (Wildman–Crippen LogP) is 1.21. The highest BCUT2D eigenvalue weighted by molar-refractivity contribution is 7.90. The first kappa shape index (κ1) is 17.4. The summed E-state index contributed by atoms with van der Waals surface area (Å²) in [5.74, 6) is 0. The standard InChI is InChI=1S/C12H26N2O3S/c1-11(2,3)10(13-9-15)8-14(7)18(16,17)12(4,5)6/h9-10H,8H2,1-7H3,(H,13,15)/t10-/m1/s1. The van der Waals surface area contributed by atoms with Gasteiger partial charge in [-0.3, -0.25) is 4.79 Å². The van der Waals surface area contributed by atoms with E-state index in [0.29, 0.717) is 6.41 Å². The van der Waals surface area contributed by atoms with Crippen molar-refractivity contribution in [3.63, 3.8) is 0 Å². The molecule has 0 aromatic carbocycles. The van der Waals surface area contributed by atoms with E-state index in [9.17, 15) is 13.2 Å². The van der Waals surface area contributed by atoms with Crippen molar-refractivity contribution in [3.8, 4) is 0 Å². The molecule has 1 N–H and O–H groups in total. The number of nitrogens with one attached hydrogen (secondary N) is 1. The second kappa shape index (κ2) is 5.57. The summed E-state index contributed by atoms with van der Waals surface area (Å²) in [6.07, 6.45) is 0.619. The molecule has 0 spiro atoms. The summed E-state index contributed by atoms with van der Waals surface area (Å²) in [7, 11) is -1.83. The first-order valence-corrected chi connectivity index (χ1v) is 7.43. The zero-order valence-electron chi connectivity index (χ0n) is 12.4. The van der Waals surface area contributed by atoms with E-state index >= 15 is 0 Å². The van der Waals surface area contributed by atoms with Gasteiger partial charge in [-0.05, 0) is 26.2 Å². The lowest BCUT2D eigenvalue weighted by molar-refractivity contribution is -0.110. The number of hydrogen-bond donors (Lipinski definition) is 1. The molecular formula is C12H26N2O3S. The van der Waals surface area contributed by atoms with Crippen molar-refractivity contribution in [1.29, 1.82) is 0 Å². The largest absolute Gasteiger partial charge is 0.354 e. The maximum Gasteiger partial charge on any atom is 0.218 e. The molecule has 0 aromatic rings. The highest BCUT2D eigenvalue weighted by Gasteiger charge is 2.36. The molecule has 0 aliphatic carbocycles. The minimum atomic E-state index is -3.37. The molecule has 0 aromatic heterocycles. The van der Waals surface area contributed by atoms with Crippen molar-refractivity contribution in [2.45, 2.75) is 52.3 Å². The first-order valence-electron chi connectivity index (χ1n) is 5.99. The number of hydrogen-bond acceptors (Lipinski definition) is 3. The Hall–Kier alpha value is -0.620. The average Bonchev–Trinajstić information content (AvgIpc) is 2.13. The molecule has 0 radical (unpaired) electrons. The molecule has 5 nitrogen and oxygen atoms in total. The van der Waals surface area contributed by atoms with E-state index < -0.39 is 14.8 Å². The lowest BCUT2D eigenvalue weighted by Crippen LogP contribution is -2.51. The maximum absolute atomic E-state index is 12.2. The minimum Gasteiger partial charge on any atom is -0.354 e. The Morgan fingerprint density at radius 1 is 1.17 bits per heavy atom. The molecule has 108 valence electrons. The fourth-order valence-electron chi connectivity index (χ4n) is 1.48. The normalized spacial score (nSPS) is 15.6. The van der Waals surface area contributed by atoms with Crippen LogP contribution in [0.25, 0.3) is 0 Å². The topological polar surface area (TPSA) is 66.5 Å². The zero-order valence-corrected chi connectivity index (χ0v) is 13.3. The lowest BCUT2D eigenvalue weighted by Gasteiger charge is -2.35. The van der Waals surface area contributed by atoms with Crippen LogP contribution in [0.1, 0.15) is 41.5 Å². The van der Waals surface area contributed by atoms with Gasteiger partial charge < -0.3 is 5.32 Å². The van der Waals surface area contributed by atoms with Gasteiger partial charge in [0.1, 0.15) is 0 Å². The molecule has 0 fully saturated rings. The van der Waals surface area contributed by atoms with Crippen molar-refractivity contribution in [1.82, 2.24) is 9.62 Å². The van der Waals surface area contributed by atoms with Crippen LogP contribution in [0, 0.1) is 5.41 Å². The second-order valence-electron chi connectivity index (χ2n) is 6.60. The van der Waals surface area contributed by atoms with E-state index in [1.807, 2.05) is 20.8 Å². The van der Waals surface area contributed by atoms with Crippen molar-refractivity contribution < 1.29 is 13.2 Å². The number of amides is 1. The number of sulfonamides is 1. The van der Waals surface area contributed by atoms with E-state index in [1.165, 1.54) is 4.31 Å². The number of nitrogens with zero attached hydrogens (tertiary/aromatic N) is 1. The SMILES string of the molecule is CN(C[C@@H](NC=O)C(C)(C)C)S(=O)(=O)C(C)(C)C. The fraction of sp³-hybridized carbons (Fsp3) is 0.917. The number of carbonyl (C=O) groups is 1. The van der Waals surface area contributed by atoms with Crippen LogP contribution < -0.4 is 5.32 Å². The van der Waals surface area contributed by atoms with Gasteiger partial charge in [0.25, 0.3) is 0 Å². The molecule has 0 aliphatic heterocycles. The molecule has 1 amide bonds. The minimum absolute atomic E-state index is 0.206. The second-order valence-corrected chi connectivity index (χ2v) is 9.40. The molecule has 0 saturated carbocycles. The van der Waals surface area contributed by atoms with Crippen LogP contribution >= 0.6 is 0 Å². The zero-order chi connectivity index (χ0) is 14.8. The number of carbonyl (C=O) groups excluding carboxylic acids is 1. The fourth-order valence-corrected chi connectivity index (χ4v) is 2.76. The summed E-state index contributed by atoms with van der Waals surface area (Å²) in [5, 5.41) is 2.69. The summed E-state index contributed by atoms with van der Waals surface area (Å²) < 4.78 is 24.9. The first-order chi connectivity index (χ1) is 7.84. The van der Waals surface area contributed by atoms with E-state index in [-0.39, 0.29) is 18.0 Å². The Morgan fingerprint density at radius 2 is 1.61 bits per heavy atom. The Kier molecular flexibility index (Phi) is 5.38. The van der Waals surface area contributed by atoms with Crippen molar-refractivity contribution >= 4 is 16.4 Å². The number of rotatable bonds is 5. The van der Waals surface area contributed by atoms with Gasteiger partial charge in [-0.15, -0.1) is 0 Å². The summed E-state index contributed by atoms with van der Waals surface area (Å²) >= 11 is 0. The van der Waals surface area contributed by atoms with E-state index in [2.05, 4.69) is 5.32 Å². The summed E-state index contributed by atoms with van der Waals surface area (Å²) in [6, 6.07) is -0.225. The van der Waals surface area contributed by atoms with Crippen LogP contribution in [0.2, 0.25) is 0 Å². The highest BCUT2D eigenvalue weighted by atomic mass is 32.2. The summed E-state index contributed by atoms with van der Waals surface area (Å²) in [5.41, 5.74) is -0.206. The molecule has 0 bridgehead atoms. The average molecular weight is 278 g/mol. The molecule has 1 atom stereocenters. The molecule has 0 aliphatic rings. The smallest absolute Gasteiger partial charge is 0.218 e. The predicted molar refractivity (Wildman–Crippen MR) is 73.7 cm³/mol. The Bertz CT molecular complexity index is 377. The molecule has 6 heteroatoms. The van der Waals surface area contributed by atoms with Gasteiger partial charge in [0, 0.05) is 19.6 Å². The molecule has 0 unspecified atom stereocenters.